The molecule has 0 aliphatic rings. The highest BCUT2D eigenvalue weighted by Crippen LogP contribution is 2.16. The SMILES string of the molecule is CCCNC(=O)CNCCC(C)(C)C#N. The van der Waals surface area contributed by atoms with Crippen molar-refractivity contribution in [2.75, 3.05) is 19.6 Å². The van der Waals surface area contributed by atoms with Crippen LogP contribution in [0.5, 0.6) is 0 Å². The normalized spacial score (nSPS) is 10.8. The summed E-state index contributed by atoms with van der Waals surface area (Å²) in [7, 11) is 0. The highest BCUT2D eigenvalue weighted by Gasteiger charge is 2.15. The molecular weight excluding hydrogens is 190 g/mol. The molecule has 0 rings (SSSR count). The van der Waals surface area contributed by atoms with E-state index in [4.69, 9.17) is 5.26 Å². The minimum absolute atomic E-state index is 0.0200. The van der Waals surface area contributed by atoms with Crippen LogP contribution in [0.4, 0.5) is 0 Å². The van der Waals surface area contributed by atoms with Crippen LogP contribution in [0.2, 0.25) is 0 Å². The molecular formula is C11H21N3O. The first-order valence-electron chi connectivity index (χ1n) is 5.40. The first-order chi connectivity index (χ1) is 7.02. The molecule has 0 spiro atoms. The van der Waals surface area contributed by atoms with E-state index < -0.39 is 0 Å². The highest BCUT2D eigenvalue weighted by atomic mass is 16.1. The molecule has 0 saturated heterocycles. The van der Waals surface area contributed by atoms with E-state index in [1.54, 1.807) is 0 Å². The maximum Gasteiger partial charge on any atom is 0.233 e. The van der Waals surface area contributed by atoms with Gasteiger partial charge in [-0.05, 0) is 33.2 Å². The number of hydrogen-bond donors (Lipinski definition) is 2. The van der Waals surface area contributed by atoms with E-state index in [0.29, 0.717) is 13.1 Å². The molecule has 0 aromatic carbocycles. The average molecular weight is 211 g/mol. The van der Waals surface area contributed by atoms with Crippen molar-refractivity contribution >= 4 is 5.91 Å². The molecule has 0 aliphatic heterocycles. The van der Waals surface area contributed by atoms with E-state index in [9.17, 15) is 4.79 Å². The second kappa shape index (κ2) is 7.24. The zero-order chi connectivity index (χ0) is 11.7. The number of carbonyl (C=O) groups excluding carboxylic acids is 1. The van der Waals surface area contributed by atoms with E-state index in [-0.39, 0.29) is 11.3 Å². The van der Waals surface area contributed by atoms with E-state index in [0.717, 1.165) is 19.4 Å². The number of nitrogens with zero attached hydrogens (tertiary/aromatic N) is 1. The Morgan fingerprint density at radius 1 is 1.40 bits per heavy atom. The van der Waals surface area contributed by atoms with Crippen molar-refractivity contribution in [3.63, 3.8) is 0 Å². The van der Waals surface area contributed by atoms with Gasteiger partial charge in [-0.25, -0.2) is 0 Å². The van der Waals surface area contributed by atoms with Crippen molar-refractivity contribution in [1.82, 2.24) is 10.6 Å². The summed E-state index contributed by atoms with van der Waals surface area (Å²) in [6, 6.07) is 2.22. The number of nitrogens with one attached hydrogen (secondary N) is 2. The van der Waals surface area contributed by atoms with Gasteiger partial charge in [0.25, 0.3) is 0 Å². The molecule has 0 aliphatic carbocycles. The number of carbonyl (C=O) groups is 1. The van der Waals surface area contributed by atoms with Crippen molar-refractivity contribution in [3.05, 3.63) is 0 Å². The maximum atomic E-state index is 11.2. The molecule has 15 heavy (non-hydrogen) atoms. The molecule has 0 bridgehead atoms. The lowest BCUT2D eigenvalue weighted by atomic mass is 9.91. The number of hydrogen-bond acceptors (Lipinski definition) is 3. The van der Waals surface area contributed by atoms with Gasteiger partial charge in [-0.1, -0.05) is 6.92 Å². The van der Waals surface area contributed by atoms with E-state index >= 15 is 0 Å². The Morgan fingerprint density at radius 3 is 2.60 bits per heavy atom. The first kappa shape index (κ1) is 13.9. The Balaban J connectivity index is 3.47. The molecule has 0 atom stereocenters. The van der Waals surface area contributed by atoms with Crippen molar-refractivity contribution in [2.45, 2.75) is 33.6 Å². The predicted octanol–water partition coefficient (Wildman–Crippen LogP) is 1.04. The van der Waals surface area contributed by atoms with Crippen molar-refractivity contribution < 1.29 is 4.79 Å². The molecule has 0 fully saturated rings. The van der Waals surface area contributed by atoms with Crippen LogP contribution in [-0.2, 0) is 4.79 Å². The third kappa shape index (κ3) is 7.95. The van der Waals surface area contributed by atoms with Crippen LogP contribution in [0.3, 0.4) is 0 Å². The summed E-state index contributed by atoms with van der Waals surface area (Å²) in [6.07, 6.45) is 1.71. The van der Waals surface area contributed by atoms with Crippen LogP contribution in [0.1, 0.15) is 33.6 Å². The summed E-state index contributed by atoms with van der Waals surface area (Å²) in [5.74, 6) is 0.0200. The Morgan fingerprint density at radius 2 is 2.07 bits per heavy atom. The van der Waals surface area contributed by atoms with Gasteiger partial charge in [0.05, 0.1) is 18.0 Å². The van der Waals surface area contributed by atoms with Crippen LogP contribution < -0.4 is 10.6 Å². The van der Waals surface area contributed by atoms with Gasteiger partial charge in [0, 0.05) is 6.54 Å². The Hall–Kier alpha value is -1.08. The molecule has 0 unspecified atom stereocenters. The molecule has 1 amide bonds. The lowest BCUT2D eigenvalue weighted by Crippen LogP contribution is -2.35. The topological polar surface area (TPSA) is 64.9 Å². The van der Waals surface area contributed by atoms with E-state index in [1.807, 2.05) is 20.8 Å². The summed E-state index contributed by atoms with van der Waals surface area (Å²) in [6.45, 7) is 7.56. The second-order valence-corrected chi connectivity index (χ2v) is 4.27. The minimum Gasteiger partial charge on any atom is -0.355 e. The van der Waals surface area contributed by atoms with Gasteiger partial charge in [-0.3, -0.25) is 4.79 Å². The summed E-state index contributed by atoms with van der Waals surface area (Å²) in [5.41, 5.74) is -0.313. The molecule has 0 heterocycles. The van der Waals surface area contributed by atoms with E-state index in [1.165, 1.54) is 0 Å². The molecule has 0 aromatic heterocycles. The van der Waals surface area contributed by atoms with Gasteiger partial charge < -0.3 is 10.6 Å². The van der Waals surface area contributed by atoms with Gasteiger partial charge in [0.15, 0.2) is 0 Å². The van der Waals surface area contributed by atoms with Gasteiger partial charge in [-0.2, -0.15) is 5.26 Å². The number of amides is 1. The van der Waals surface area contributed by atoms with Gasteiger partial charge in [-0.15, -0.1) is 0 Å². The molecule has 0 aromatic rings. The van der Waals surface area contributed by atoms with Crippen LogP contribution in [0, 0.1) is 16.7 Å². The summed E-state index contributed by atoms with van der Waals surface area (Å²) in [4.78, 5) is 11.2. The van der Waals surface area contributed by atoms with Crippen LogP contribution in [-0.4, -0.2) is 25.5 Å². The average Bonchev–Trinajstić information content (AvgIpc) is 2.21. The minimum atomic E-state index is -0.313. The molecule has 86 valence electrons. The Labute approximate surface area is 92.0 Å². The molecule has 2 N–H and O–H groups in total. The largest absolute Gasteiger partial charge is 0.355 e. The second-order valence-electron chi connectivity index (χ2n) is 4.27. The molecule has 0 saturated carbocycles. The van der Waals surface area contributed by atoms with Crippen LogP contribution in [0.15, 0.2) is 0 Å². The predicted molar refractivity (Wildman–Crippen MR) is 60.2 cm³/mol. The third-order valence-electron chi connectivity index (χ3n) is 2.09. The van der Waals surface area contributed by atoms with Crippen LogP contribution in [0.25, 0.3) is 0 Å². The van der Waals surface area contributed by atoms with Crippen molar-refractivity contribution in [3.8, 4) is 6.07 Å². The monoisotopic (exact) mass is 211 g/mol. The molecule has 0 radical (unpaired) electrons. The fourth-order valence-corrected chi connectivity index (χ4v) is 0.986. The first-order valence-corrected chi connectivity index (χ1v) is 5.40. The van der Waals surface area contributed by atoms with Gasteiger partial charge in [0.1, 0.15) is 0 Å². The maximum absolute atomic E-state index is 11.2. The van der Waals surface area contributed by atoms with Crippen LogP contribution >= 0.6 is 0 Å². The quantitative estimate of drug-likeness (QED) is 0.618. The summed E-state index contributed by atoms with van der Waals surface area (Å²) >= 11 is 0. The van der Waals surface area contributed by atoms with Gasteiger partial charge >= 0.3 is 0 Å². The standard InChI is InChI=1S/C11H21N3O/c1-4-6-14-10(15)8-13-7-5-11(2,3)9-12/h13H,4-8H2,1-3H3,(H,14,15). The Kier molecular flexibility index (Phi) is 6.72. The fourth-order valence-electron chi connectivity index (χ4n) is 0.986. The fraction of sp³-hybridized carbons (Fsp3) is 0.818. The lowest BCUT2D eigenvalue weighted by Gasteiger charge is -2.14. The summed E-state index contributed by atoms with van der Waals surface area (Å²) < 4.78 is 0. The smallest absolute Gasteiger partial charge is 0.233 e. The molecule has 4 nitrogen and oxygen atoms in total. The lowest BCUT2D eigenvalue weighted by molar-refractivity contribution is -0.120. The number of rotatable bonds is 7. The zero-order valence-electron chi connectivity index (χ0n) is 9.89. The summed E-state index contributed by atoms with van der Waals surface area (Å²) in [5, 5.41) is 14.6. The highest BCUT2D eigenvalue weighted by molar-refractivity contribution is 5.77. The zero-order valence-corrected chi connectivity index (χ0v) is 9.89. The van der Waals surface area contributed by atoms with E-state index in [2.05, 4.69) is 16.7 Å². The van der Waals surface area contributed by atoms with Crippen molar-refractivity contribution in [2.24, 2.45) is 5.41 Å². The molecule has 4 heteroatoms. The Bertz CT molecular complexity index is 230. The number of nitriles is 1. The van der Waals surface area contributed by atoms with Gasteiger partial charge in [0.2, 0.25) is 5.91 Å². The third-order valence-corrected chi connectivity index (χ3v) is 2.09. The van der Waals surface area contributed by atoms with Crippen molar-refractivity contribution in [1.29, 1.82) is 5.26 Å².